The number of fused-ring (bicyclic) bond motifs is 1. The van der Waals surface area contributed by atoms with E-state index in [1.807, 2.05) is 18.2 Å². The van der Waals surface area contributed by atoms with Crippen molar-refractivity contribution in [2.24, 2.45) is 0 Å². The first-order valence-corrected chi connectivity index (χ1v) is 8.43. The molecule has 0 aliphatic carbocycles. The van der Waals surface area contributed by atoms with E-state index in [4.69, 9.17) is 32.7 Å². The summed E-state index contributed by atoms with van der Waals surface area (Å²) in [6.07, 6.45) is 0.238. The van der Waals surface area contributed by atoms with Crippen molar-refractivity contribution in [3.8, 4) is 11.5 Å². The Morgan fingerprint density at radius 1 is 1.23 bits per heavy atom. The SMILES string of the molecule is OC(CNCCc1ccc2c(c1)OCO2)c1cc(Cl)c(Cl)s1. The Hall–Kier alpha value is -0.980. The summed E-state index contributed by atoms with van der Waals surface area (Å²) >= 11 is 13.1. The van der Waals surface area contributed by atoms with Gasteiger partial charge in [-0.2, -0.15) is 0 Å². The molecule has 2 aromatic rings. The molecule has 4 nitrogen and oxygen atoms in total. The van der Waals surface area contributed by atoms with Crippen molar-refractivity contribution in [3.63, 3.8) is 0 Å². The van der Waals surface area contributed by atoms with Crippen molar-refractivity contribution < 1.29 is 14.6 Å². The Balaban J connectivity index is 1.45. The molecule has 0 amide bonds. The molecule has 0 saturated heterocycles. The van der Waals surface area contributed by atoms with Gasteiger partial charge >= 0.3 is 0 Å². The molecule has 1 aliphatic rings. The van der Waals surface area contributed by atoms with Crippen LogP contribution in [0.5, 0.6) is 11.5 Å². The lowest BCUT2D eigenvalue weighted by atomic mass is 10.1. The normalized spacial score (nSPS) is 14.3. The summed E-state index contributed by atoms with van der Waals surface area (Å²) in [4.78, 5) is 0.769. The molecule has 0 saturated carbocycles. The summed E-state index contributed by atoms with van der Waals surface area (Å²) in [6, 6.07) is 7.63. The summed E-state index contributed by atoms with van der Waals surface area (Å²) in [5, 5.41) is 13.8. The van der Waals surface area contributed by atoms with Crippen LogP contribution in [0.15, 0.2) is 24.3 Å². The Morgan fingerprint density at radius 3 is 2.82 bits per heavy atom. The predicted molar refractivity (Wildman–Crippen MR) is 88.4 cm³/mol. The standard InChI is InChI=1S/C15H15Cl2NO3S/c16-10-6-14(22-15(10)17)11(19)7-18-4-3-9-1-2-12-13(5-9)21-8-20-12/h1-2,5-6,11,18-19H,3-4,7-8H2. The van der Waals surface area contributed by atoms with Crippen molar-refractivity contribution >= 4 is 34.5 Å². The molecule has 1 aliphatic heterocycles. The first kappa shape index (κ1) is 15.9. The third-order valence-corrected chi connectivity index (χ3v) is 5.32. The molecule has 1 atom stereocenters. The molecular formula is C15H15Cl2NO3S. The second-order valence-electron chi connectivity index (χ2n) is 4.93. The molecule has 0 radical (unpaired) electrons. The molecule has 7 heteroatoms. The Bertz CT molecular complexity index is 643. The molecule has 0 spiro atoms. The van der Waals surface area contributed by atoms with E-state index in [1.165, 1.54) is 11.3 Å². The van der Waals surface area contributed by atoms with Gasteiger partial charge in [-0.05, 0) is 36.7 Å². The van der Waals surface area contributed by atoms with Gasteiger partial charge in [0.15, 0.2) is 11.5 Å². The van der Waals surface area contributed by atoms with Gasteiger partial charge in [-0.15, -0.1) is 11.3 Å². The predicted octanol–water partition coefficient (Wildman–Crippen LogP) is 3.65. The van der Waals surface area contributed by atoms with E-state index in [2.05, 4.69) is 5.32 Å². The van der Waals surface area contributed by atoms with Gasteiger partial charge in [0.05, 0.1) is 5.02 Å². The monoisotopic (exact) mass is 359 g/mol. The Kier molecular flexibility index (Phi) is 5.10. The first-order valence-electron chi connectivity index (χ1n) is 6.85. The van der Waals surface area contributed by atoms with Gasteiger partial charge in [-0.1, -0.05) is 29.3 Å². The van der Waals surface area contributed by atoms with E-state index in [-0.39, 0.29) is 6.79 Å². The number of hydrogen-bond acceptors (Lipinski definition) is 5. The van der Waals surface area contributed by atoms with E-state index in [9.17, 15) is 5.11 Å². The Morgan fingerprint density at radius 2 is 2.05 bits per heavy atom. The van der Waals surface area contributed by atoms with Crippen molar-refractivity contribution in [2.45, 2.75) is 12.5 Å². The minimum atomic E-state index is -0.605. The smallest absolute Gasteiger partial charge is 0.231 e. The fourth-order valence-electron chi connectivity index (χ4n) is 2.20. The number of hydrogen-bond donors (Lipinski definition) is 2. The zero-order valence-electron chi connectivity index (χ0n) is 11.6. The van der Waals surface area contributed by atoms with Crippen LogP contribution in [-0.4, -0.2) is 25.0 Å². The molecule has 3 rings (SSSR count). The largest absolute Gasteiger partial charge is 0.454 e. The van der Waals surface area contributed by atoms with Crippen LogP contribution in [0.25, 0.3) is 0 Å². The molecule has 1 aromatic carbocycles. The third-order valence-electron chi connectivity index (χ3n) is 3.36. The quantitative estimate of drug-likeness (QED) is 0.773. The number of rotatable bonds is 6. The second kappa shape index (κ2) is 7.06. The highest BCUT2D eigenvalue weighted by atomic mass is 35.5. The Labute approximate surface area is 142 Å². The fourth-order valence-corrected chi connectivity index (χ4v) is 3.58. The summed E-state index contributed by atoms with van der Waals surface area (Å²) in [6.45, 7) is 1.50. The van der Waals surface area contributed by atoms with E-state index in [0.717, 1.165) is 34.9 Å². The molecule has 118 valence electrons. The molecular weight excluding hydrogens is 345 g/mol. The number of halogens is 2. The highest BCUT2D eigenvalue weighted by Gasteiger charge is 2.14. The first-order chi connectivity index (χ1) is 10.6. The number of benzene rings is 1. The lowest BCUT2D eigenvalue weighted by Gasteiger charge is -2.10. The number of nitrogens with one attached hydrogen (secondary N) is 1. The summed E-state index contributed by atoms with van der Waals surface area (Å²) in [5.74, 6) is 1.58. The number of aliphatic hydroxyl groups is 1. The van der Waals surface area contributed by atoms with E-state index >= 15 is 0 Å². The van der Waals surface area contributed by atoms with Crippen LogP contribution in [0.3, 0.4) is 0 Å². The zero-order chi connectivity index (χ0) is 15.5. The number of aliphatic hydroxyl groups excluding tert-OH is 1. The topological polar surface area (TPSA) is 50.7 Å². The summed E-state index contributed by atoms with van der Waals surface area (Å²) in [5.41, 5.74) is 1.16. The molecule has 0 bridgehead atoms. The van der Waals surface area contributed by atoms with Crippen molar-refractivity contribution in [1.29, 1.82) is 0 Å². The lowest BCUT2D eigenvalue weighted by Crippen LogP contribution is -2.23. The molecule has 1 unspecified atom stereocenters. The van der Waals surface area contributed by atoms with E-state index < -0.39 is 6.10 Å². The van der Waals surface area contributed by atoms with Gasteiger partial charge in [0.1, 0.15) is 10.4 Å². The van der Waals surface area contributed by atoms with Crippen molar-refractivity contribution in [1.82, 2.24) is 5.32 Å². The molecule has 2 heterocycles. The maximum Gasteiger partial charge on any atom is 0.231 e. The van der Waals surface area contributed by atoms with Crippen LogP contribution in [0.2, 0.25) is 9.36 Å². The number of thiophene rings is 1. The van der Waals surface area contributed by atoms with Gasteiger partial charge in [0.25, 0.3) is 0 Å². The highest BCUT2D eigenvalue weighted by Crippen LogP contribution is 2.35. The van der Waals surface area contributed by atoms with Gasteiger partial charge in [0.2, 0.25) is 6.79 Å². The van der Waals surface area contributed by atoms with E-state index in [1.54, 1.807) is 6.07 Å². The zero-order valence-corrected chi connectivity index (χ0v) is 14.0. The molecule has 22 heavy (non-hydrogen) atoms. The minimum absolute atomic E-state index is 0.287. The lowest BCUT2D eigenvalue weighted by molar-refractivity contribution is 0.174. The van der Waals surface area contributed by atoms with Gasteiger partial charge in [-0.3, -0.25) is 0 Å². The summed E-state index contributed by atoms with van der Waals surface area (Å²) in [7, 11) is 0. The van der Waals surface area contributed by atoms with Crippen molar-refractivity contribution in [3.05, 3.63) is 44.1 Å². The third kappa shape index (κ3) is 3.67. The molecule has 1 aromatic heterocycles. The van der Waals surface area contributed by atoms with Gasteiger partial charge in [0, 0.05) is 11.4 Å². The van der Waals surface area contributed by atoms with Gasteiger partial charge < -0.3 is 19.9 Å². The van der Waals surface area contributed by atoms with Crippen molar-refractivity contribution in [2.75, 3.05) is 19.9 Å². The van der Waals surface area contributed by atoms with Crippen LogP contribution in [0.4, 0.5) is 0 Å². The van der Waals surface area contributed by atoms with Crippen LogP contribution < -0.4 is 14.8 Å². The summed E-state index contributed by atoms with van der Waals surface area (Å²) < 4.78 is 11.1. The highest BCUT2D eigenvalue weighted by molar-refractivity contribution is 7.17. The van der Waals surface area contributed by atoms with E-state index in [0.29, 0.717) is 15.9 Å². The van der Waals surface area contributed by atoms with Gasteiger partial charge in [-0.25, -0.2) is 0 Å². The maximum atomic E-state index is 10.1. The van der Waals surface area contributed by atoms with Crippen LogP contribution in [-0.2, 0) is 6.42 Å². The maximum absolute atomic E-state index is 10.1. The fraction of sp³-hybridized carbons (Fsp3) is 0.333. The average molecular weight is 360 g/mol. The molecule has 2 N–H and O–H groups in total. The number of ether oxygens (including phenoxy) is 2. The van der Waals surface area contributed by atoms with Crippen LogP contribution in [0.1, 0.15) is 16.5 Å². The van der Waals surface area contributed by atoms with Crippen LogP contribution >= 0.6 is 34.5 Å². The minimum Gasteiger partial charge on any atom is -0.454 e. The molecule has 0 fully saturated rings. The van der Waals surface area contributed by atoms with Crippen LogP contribution in [0, 0.1) is 0 Å². The second-order valence-corrected chi connectivity index (χ2v) is 7.02. The average Bonchev–Trinajstić information content (AvgIpc) is 3.10.